The fraction of sp³-hybridized carbons (Fsp3) is 0.242. The smallest absolute Gasteiger partial charge is 0.256 e. The lowest BCUT2D eigenvalue weighted by atomic mass is 10.1. The lowest BCUT2D eigenvalue weighted by molar-refractivity contribution is 0.0320. The summed E-state index contributed by atoms with van der Waals surface area (Å²) in [4.78, 5) is 39.4. The third-order valence-electron chi connectivity index (χ3n) is 7.02. The van der Waals surface area contributed by atoms with Crippen LogP contribution in [0.5, 0.6) is 11.6 Å². The van der Waals surface area contributed by atoms with Crippen LogP contribution < -0.4 is 20.2 Å². The Hall–Kier alpha value is -5.16. The van der Waals surface area contributed by atoms with E-state index in [0.717, 1.165) is 19.6 Å². The normalized spacial score (nSPS) is 13.7. The van der Waals surface area contributed by atoms with Crippen molar-refractivity contribution in [1.29, 1.82) is 0 Å². The van der Waals surface area contributed by atoms with Gasteiger partial charge in [-0.15, -0.1) is 0 Å². The van der Waals surface area contributed by atoms with Gasteiger partial charge in [0.05, 0.1) is 24.1 Å². The summed E-state index contributed by atoms with van der Waals surface area (Å²) in [6.45, 7) is 7.79. The maximum atomic E-state index is 14.7. The van der Waals surface area contributed by atoms with Gasteiger partial charge < -0.3 is 24.5 Å². The summed E-state index contributed by atoms with van der Waals surface area (Å²) in [7, 11) is 0. The number of allylic oxidation sites excluding steroid dienone is 1. The standard InChI is InChI=1S/C33H31F2N5O5/c1-2-27(35)30(4-3-10-38-33(42)26-20-36-19-24(32(26)41)22-5-7-23(34)8-6-22)45-29-9-11-37-28-18-31(39-21-25(28)29)44-17-14-40-12-15-43-16-13-40/h4-9,11,18-21H,1,3,10,12-17H2,(H,36,41)(H,38,42)/b30-4+. The predicted octanol–water partition coefficient (Wildman–Crippen LogP) is 4.56. The molecule has 1 aliphatic rings. The largest absolute Gasteiger partial charge is 0.476 e. The Balaban J connectivity index is 1.22. The molecule has 1 aromatic carbocycles. The molecule has 0 bridgehead atoms. The minimum Gasteiger partial charge on any atom is -0.476 e. The molecular weight excluding hydrogens is 584 g/mol. The second-order valence-electron chi connectivity index (χ2n) is 9.98. The number of carbonyl (C=O) groups excluding carboxylic acids is 1. The quantitative estimate of drug-likeness (QED) is 0.103. The summed E-state index contributed by atoms with van der Waals surface area (Å²) in [6.07, 6.45) is 7.41. The van der Waals surface area contributed by atoms with Crippen LogP contribution in [0.2, 0.25) is 0 Å². The number of pyridine rings is 3. The van der Waals surface area contributed by atoms with Crippen molar-refractivity contribution in [1.82, 2.24) is 25.2 Å². The van der Waals surface area contributed by atoms with E-state index in [1.165, 1.54) is 48.9 Å². The maximum Gasteiger partial charge on any atom is 0.256 e. The van der Waals surface area contributed by atoms with Gasteiger partial charge in [0.1, 0.15) is 23.7 Å². The number of rotatable bonds is 12. The molecule has 12 heteroatoms. The second kappa shape index (κ2) is 15.0. The van der Waals surface area contributed by atoms with E-state index in [9.17, 15) is 18.4 Å². The molecule has 0 atom stereocenters. The second-order valence-corrected chi connectivity index (χ2v) is 9.98. The summed E-state index contributed by atoms with van der Waals surface area (Å²) in [5.74, 6) is -1.33. The molecule has 10 nitrogen and oxygen atoms in total. The number of nitrogens with zero attached hydrogens (tertiary/aromatic N) is 3. The molecule has 0 spiro atoms. The molecule has 1 amide bonds. The minimum atomic E-state index is -0.828. The van der Waals surface area contributed by atoms with Crippen molar-refractivity contribution >= 4 is 16.8 Å². The average molecular weight is 616 g/mol. The average Bonchev–Trinajstić information content (AvgIpc) is 3.06. The number of amides is 1. The van der Waals surface area contributed by atoms with Gasteiger partial charge in [0.15, 0.2) is 5.76 Å². The zero-order valence-corrected chi connectivity index (χ0v) is 24.4. The van der Waals surface area contributed by atoms with Gasteiger partial charge in [-0.1, -0.05) is 24.4 Å². The number of H-pyrrole nitrogens is 1. The molecule has 1 aliphatic heterocycles. The molecule has 3 aromatic heterocycles. The van der Waals surface area contributed by atoms with Crippen LogP contribution in [0.1, 0.15) is 16.8 Å². The van der Waals surface area contributed by atoms with Gasteiger partial charge in [-0.3, -0.25) is 19.5 Å². The predicted molar refractivity (Wildman–Crippen MR) is 164 cm³/mol. The molecule has 1 fully saturated rings. The Bertz CT molecular complexity index is 1800. The van der Waals surface area contributed by atoms with Gasteiger partial charge >= 0.3 is 0 Å². The molecular formula is C33H31F2N5O5. The van der Waals surface area contributed by atoms with Crippen molar-refractivity contribution in [3.05, 3.63) is 113 Å². The lowest BCUT2D eigenvalue weighted by Crippen LogP contribution is -2.38. The van der Waals surface area contributed by atoms with Gasteiger partial charge in [-0.2, -0.15) is 4.39 Å². The van der Waals surface area contributed by atoms with Crippen LogP contribution in [0.3, 0.4) is 0 Å². The Labute approximate surface area is 257 Å². The number of fused-ring (bicyclic) bond motifs is 1. The van der Waals surface area contributed by atoms with Crippen molar-refractivity contribution < 1.29 is 27.8 Å². The van der Waals surface area contributed by atoms with E-state index in [-0.39, 0.29) is 29.9 Å². The fourth-order valence-corrected chi connectivity index (χ4v) is 4.63. The Morgan fingerprint density at radius 1 is 1.18 bits per heavy atom. The number of ether oxygens (including phenoxy) is 3. The van der Waals surface area contributed by atoms with Crippen LogP contribution in [0.25, 0.3) is 22.0 Å². The van der Waals surface area contributed by atoms with E-state index in [1.54, 1.807) is 18.3 Å². The third-order valence-corrected chi connectivity index (χ3v) is 7.02. The Kier molecular flexibility index (Phi) is 10.4. The van der Waals surface area contributed by atoms with Gasteiger partial charge in [0.2, 0.25) is 17.1 Å². The lowest BCUT2D eigenvalue weighted by Gasteiger charge is -2.26. The first-order chi connectivity index (χ1) is 21.9. The van der Waals surface area contributed by atoms with Crippen molar-refractivity contribution in [3.8, 4) is 22.8 Å². The third kappa shape index (κ3) is 8.07. The first-order valence-corrected chi connectivity index (χ1v) is 14.3. The molecule has 2 N–H and O–H groups in total. The van der Waals surface area contributed by atoms with E-state index in [0.29, 0.717) is 47.9 Å². The molecule has 5 rings (SSSR count). The van der Waals surface area contributed by atoms with E-state index in [1.807, 2.05) is 0 Å². The van der Waals surface area contributed by atoms with E-state index < -0.39 is 23.0 Å². The highest BCUT2D eigenvalue weighted by atomic mass is 19.1. The van der Waals surface area contributed by atoms with Gasteiger partial charge in [-0.05, 0) is 36.3 Å². The molecule has 0 aliphatic carbocycles. The monoisotopic (exact) mass is 615 g/mol. The van der Waals surface area contributed by atoms with Crippen molar-refractivity contribution in [2.45, 2.75) is 6.42 Å². The Morgan fingerprint density at radius 2 is 1.98 bits per heavy atom. The van der Waals surface area contributed by atoms with Crippen LogP contribution in [-0.2, 0) is 4.74 Å². The first kappa shape index (κ1) is 31.3. The molecule has 1 saturated heterocycles. The van der Waals surface area contributed by atoms with Crippen LogP contribution >= 0.6 is 0 Å². The zero-order chi connectivity index (χ0) is 31.6. The van der Waals surface area contributed by atoms with Gasteiger partial charge in [0.25, 0.3) is 5.91 Å². The number of benzene rings is 1. The summed E-state index contributed by atoms with van der Waals surface area (Å²) in [5.41, 5.74) is 2.80. The van der Waals surface area contributed by atoms with E-state index in [2.05, 4.69) is 37.5 Å². The van der Waals surface area contributed by atoms with Crippen molar-refractivity contribution in [3.63, 3.8) is 0 Å². The molecule has 4 heterocycles. The van der Waals surface area contributed by atoms with Gasteiger partial charge in [-0.25, -0.2) is 9.37 Å². The van der Waals surface area contributed by atoms with Crippen molar-refractivity contribution in [2.24, 2.45) is 0 Å². The highest BCUT2D eigenvalue weighted by Crippen LogP contribution is 2.28. The van der Waals surface area contributed by atoms with Crippen LogP contribution in [0, 0.1) is 5.82 Å². The minimum absolute atomic E-state index is 0.0696. The van der Waals surface area contributed by atoms with Crippen molar-refractivity contribution in [2.75, 3.05) is 46.0 Å². The number of morpholine rings is 1. The molecule has 4 aromatic rings. The molecule has 0 radical (unpaired) electrons. The topological polar surface area (TPSA) is 119 Å². The summed E-state index contributed by atoms with van der Waals surface area (Å²) < 4.78 is 45.1. The number of hydrogen-bond acceptors (Lipinski definition) is 8. The number of halogens is 2. The first-order valence-electron chi connectivity index (χ1n) is 14.3. The maximum absolute atomic E-state index is 14.7. The van der Waals surface area contributed by atoms with E-state index in [4.69, 9.17) is 14.2 Å². The summed E-state index contributed by atoms with van der Waals surface area (Å²) in [6, 6.07) is 8.64. The van der Waals surface area contributed by atoms with Crippen LogP contribution in [-0.4, -0.2) is 71.8 Å². The van der Waals surface area contributed by atoms with E-state index >= 15 is 0 Å². The van der Waals surface area contributed by atoms with Crippen LogP contribution in [0.4, 0.5) is 8.78 Å². The van der Waals surface area contributed by atoms with Crippen LogP contribution in [0.15, 0.2) is 96.0 Å². The Morgan fingerprint density at radius 3 is 2.76 bits per heavy atom. The molecule has 45 heavy (non-hydrogen) atoms. The fourth-order valence-electron chi connectivity index (χ4n) is 4.63. The number of nitrogens with one attached hydrogen (secondary N) is 2. The highest BCUT2D eigenvalue weighted by Gasteiger charge is 2.16. The number of aromatic nitrogens is 3. The number of hydrogen-bond donors (Lipinski definition) is 2. The number of carbonyl (C=O) groups is 1. The highest BCUT2D eigenvalue weighted by molar-refractivity contribution is 5.95. The molecule has 232 valence electrons. The zero-order valence-electron chi connectivity index (χ0n) is 24.4. The molecule has 0 unspecified atom stereocenters. The summed E-state index contributed by atoms with van der Waals surface area (Å²) in [5, 5.41) is 3.18. The summed E-state index contributed by atoms with van der Waals surface area (Å²) >= 11 is 0. The molecule has 0 saturated carbocycles. The SMILES string of the molecule is C=C=C(F)/C(=C\CCNC(=O)c1c[nH]cc(-c2ccc(F)cc2)c1=O)Oc1ccnc2cc(OCCN3CCOCC3)ncc12. The van der Waals surface area contributed by atoms with Gasteiger partial charge in [0, 0.05) is 62.6 Å². The number of aromatic amines is 1.